The van der Waals surface area contributed by atoms with Crippen molar-refractivity contribution in [2.75, 3.05) is 45.1 Å². The Balaban J connectivity index is 1.59. The summed E-state index contributed by atoms with van der Waals surface area (Å²) in [7, 11) is 2.17. The maximum atomic E-state index is 11.7. The van der Waals surface area contributed by atoms with Crippen LogP contribution in [0.3, 0.4) is 0 Å². The number of aromatic amines is 1. The van der Waals surface area contributed by atoms with Crippen LogP contribution < -0.4 is 10.9 Å². The van der Waals surface area contributed by atoms with Crippen LogP contribution in [0.25, 0.3) is 11.4 Å². The van der Waals surface area contributed by atoms with Crippen LogP contribution in [0.1, 0.15) is 19.5 Å². The van der Waals surface area contributed by atoms with Crippen LogP contribution in [0.4, 0.5) is 5.82 Å². The number of pyridine rings is 1. The molecular formula is C19H28N6O. The number of hydrogen-bond donors (Lipinski definition) is 2. The fraction of sp³-hybridized carbons (Fsp3) is 0.526. The standard InChI is InChI=1S/C19H28N6O/c1-4-16-11-18(26)23-19(22-16)15-5-6-17(21-13-15)20-12-14(2)25-9-7-24(3)8-10-25/h5-6,11,13-14H,4,7-10,12H2,1-3H3,(H,20,21)(H,22,23,26). The van der Waals surface area contributed by atoms with Crippen LogP contribution >= 0.6 is 0 Å². The maximum Gasteiger partial charge on any atom is 0.251 e. The Morgan fingerprint density at radius 3 is 2.69 bits per heavy atom. The van der Waals surface area contributed by atoms with Gasteiger partial charge in [0.1, 0.15) is 11.6 Å². The fourth-order valence-corrected chi connectivity index (χ4v) is 3.11. The molecule has 1 aliphatic rings. The molecule has 26 heavy (non-hydrogen) atoms. The van der Waals surface area contributed by atoms with Crippen LogP contribution in [0.2, 0.25) is 0 Å². The Bertz CT molecular complexity index is 764. The number of aromatic nitrogens is 3. The minimum Gasteiger partial charge on any atom is -0.369 e. The largest absolute Gasteiger partial charge is 0.369 e. The zero-order valence-corrected chi connectivity index (χ0v) is 15.8. The molecule has 2 aromatic heterocycles. The van der Waals surface area contributed by atoms with Crippen LogP contribution in [-0.2, 0) is 6.42 Å². The first-order valence-corrected chi connectivity index (χ1v) is 9.28. The van der Waals surface area contributed by atoms with E-state index in [4.69, 9.17) is 0 Å². The molecule has 0 saturated carbocycles. The van der Waals surface area contributed by atoms with E-state index in [0.29, 0.717) is 11.9 Å². The molecule has 0 amide bonds. The average molecular weight is 356 g/mol. The van der Waals surface area contributed by atoms with Crippen molar-refractivity contribution >= 4 is 5.82 Å². The van der Waals surface area contributed by atoms with Gasteiger partial charge in [-0.05, 0) is 32.5 Å². The number of aryl methyl sites for hydroxylation is 1. The Kier molecular flexibility index (Phi) is 6.00. The van der Waals surface area contributed by atoms with E-state index >= 15 is 0 Å². The molecule has 1 unspecified atom stereocenters. The summed E-state index contributed by atoms with van der Waals surface area (Å²) in [5.74, 6) is 1.41. The highest BCUT2D eigenvalue weighted by Gasteiger charge is 2.18. The summed E-state index contributed by atoms with van der Waals surface area (Å²) in [6.07, 6.45) is 2.48. The minimum atomic E-state index is -0.130. The number of H-pyrrole nitrogens is 1. The monoisotopic (exact) mass is 356 g/mol. The van der Waals surface area contributed by atoms with Gasteiger partial charge in [0, 0.05) is 62.3 Å². The Morgan fingerprint density at radius 1 is 1.27 bits per heavy atom. The smallest absolute Gasteiger partial charge is 0.251 e. The Labute approximate surface area is 154 Å². The third-order valence-corrected chi connectivity index (χ3v) is 4.93. The topological polar surface area (TPSA) is 77.2 Å². The van der Waals surface area contributed by atoms with Crippen molar-refractivity contribution in [2.45, 2.75) is 26.3 Å². The van der Waals surface area contributed by atoms with E-state index in [0.717, 1.165) is 56.2 Å². The maximum absolute atomic E-state index is 11.7. The Morgan fingerprint density at radius 2 is 2.04 bits per heavy atom. The van der Waals surface area contributed by atoms with E-state index < -0.39 is 0 Å². The quantitative estimate of drug-likeness (QED) is 0.816. The van der Waals surface area contributed by atoms with E-state index in [1.807, 2.05) is 19.1 Å². The fourth-order valence-electron chi connectivity index (χ4n) is 3.11. The van der Waals surface area contributed by atoms with Crippen molar-refractivity contribution in [1.82, 2.24) is 24.8 Å². The van der Waals surface area contributed by atoms with E-state index in [2.05, 4.69) is 44.0 Å². The Hall–Kier alpha value is -2.25. The van der Waals surface area contributed by atoms with Crippen molar-refractivity contribution < 1.29 is 0 Å². The third kappa shape index (κ3) is 4.68. The molecular weight excluding hydrogens is 328 g/mol. The van der Waals surface area contributed by atoms with Gasteiger partial charge in [-0.15, -0.1) is 0 Å². The molecule has 0 spiro atoms. The van der Waals surface area contributed by atoms with Gasteiger partial charge < -0.3 is 15.2 Å². The van der Waals surface area contributed by atoms with Crippen molar-refractivity contribution in [3.63, 3.8) is 0 Å². The van der Waals surface area contributed by atoms with E-state index in [9.17, 15) is 4.79 Å². The number of likely N-dealkylation sites (N-methyl/N-ethyl adjacent to an activating group) is 1. The van der Waals surface area contributed by atoms with Crippen molar-refractivity contribution in [1.29, 1.82) is 0 Å². The second kappa shape index (κ2) is 8.42. The number of nitrogens with zero attached hydrogens (tertiary/aromatic N) is 4. The molecule has 7 heteroatoms. The van der Waals surface area contributed by atoms with Gasteiger partial charge in [-0.25, -0.2) is 9.97 Å². The summed E-state index contributed by atoms with van der Waals surface area (Å²) in [5.41, 5.74) is 1.47. The lowest BCUT2D eigenvalue weighted by Crippen LogP contribution is -2.49. The lowest BCUT2D eigenvalue weighted by molar-refractivity contribution is 0.123. The first-order chi connectivity index (χ1) is 12.5. The van der Waals surface area contributed by atoms with Crippen LogP contribution in [-0.4, -0.2) is 70.6 Å². The average Bonchev–Trinajstić information content (AvgIpc) is 2.66. The van der Waals surface area contributed by atoms with Gasteiger partial charge in [0.05, 0.1) is 0 Å². The third-order valence-electron chi connectivity index (χ3n) is 4.93. The molecule has 1 fully saturated rings. The second-order valence-electron chi connectivity index (χ2n) is 6.94. The first-order valence-electron chi connectivity index (χ1n) is 9.28. The lowest BCUT2D eigenvalue weighted by Gasteiger charge is -2.36. The number of rotatable bonds is 6. The molecule has 1 aliphatic heterocycles. The first kappa shape index (κ1) is 18.5. The van der Waals surface area contributed by atoms with Gasteiger partial charge in [-0.1, -0.05) is 6.92 Å². The lowest BCUT2D eigenvalue weighted by atomic mass is 10.2. The number of piperazine rings is 1. The highest BCUT2D eigenvalue weighted by Crippen LogP contribution is 2.15. The minimum absolute atomic E-state index is 0.130. The van der Waals surface area contributed by atoms with Crippen LogP contribution in [0.15, 0.2) is 29.2 Å². The van der Waals surface area contributed by atoms with E-state index in [1.54, 1.807) is 6.20 Å². The molecule has 2 aromatic rings. The summed E-state index contributed by atoms with van der Waals surface area (Å²) in [5, 5.41) is 3.41. The number of nitrogens with one attached hydrogen (secondary N) is 2. The molecule has 1 saturated heterocycles. The van der Waals surface area contributed by atoms with Crippen molar-refractivity contribution in [2.24, 2.45) is 0 Å². The summed E-state index contributed by atoms with van der Waals surface area (Å²) >= 11 is 0. The van der Waals surface area contributed by atoms with Gasteiger partial charge in [-0.2, -0.15) is 0 Å². The summed E-state index contributed by atoms with van der Waals surface area (Å²) in [4.78, 5) is 28.3. The van der Waals surface area contributed by atoms with Crippen LogP contribution in [0, 0.1) is 0 Å². The molecule has 140 valence electrons. The molecule has 0 aromatic carbocycles. The molecule has 0 aliphatic carbocycles. The zero-order chi connectivity index (χ0) is 18.5. The van der Waals surface area contributed by atoms with Gasteiger partial charge in [0.15, 0.2) is 0 Å². The molecule has 3 heterocycles. The van der Waals surface area contributed by atoms with Gasteiger partial charge >= 0.3 is 0 Å². The summed E-state index contributed by atoms with van der Waals surface area (Å²) in [6.45, 7) is 9.56. The molecule has 0 radical (unpaired) electrons. The summed E-state index contributed by atoms with van der Waals surface area (Å²) in [6, 6.07) is 5.87. The van der Waals surface area contributed by atoms with Crippen LogP contribution in [0.5, 0.6) is 0 Å². The van der Waals surface area contributed by atoms with Crippen molar-refractivity contribution in [3.05, 3.63) is 40.4 Å². The predicted molar refractivity (Wildman–Crippen MR) is 104 cm³/mol. The zero-order valence-electron chi connectivity index (χ0n) is 15.8. The normalized spacial score (nSPS) is 17.2. The van der Waals surface area contributed by atoms with Gasteiger partial charge in [0.2, 0.25) is 0 Å². The second-order valence-corrected chi connectivity index (χ2v) is 6.94. The predicted octanol–water partition coefficient (Wildman–Crippen LogP) is 1.44. The SMILES string of the molecule is CCc1cc(=O)[nH]c(-c2ccc(NCC(C)N3CCN(C)CC3)nc2)n1. The molecule has 3 rings (SSSR count). The molecule has 1 atom stereocenters. The highest BCUT2D eigenvalue weighted by molar-refractivity contribution is 5.55. The molecule has 0 bridgehead atoms. The molecule has 7 nitrogen and oxygen atoms in total. The van der Waals surface area contributed by atoms with Gasteiger partial charge in [-0.3, -0.25) is 9.69 Å². The van der Waals surface area contributed by atoms with Gasteiger partial charge in [0.25, 0.3) is 5.56 Å². The molecule has 2 N–H and O–H groups in total. The highest BCUT2D eigenvalue weighted by atomic mass is 16.1. The summed E-state index contributed by atoms with van der Waals surface area (Å²) < 4.78 is 0. The van der Waals surface area contributed by atoms with E-state index in [1.165, 1.54) is 6.07 Å². The number of hydrogen-bond acceptors (Lipinski definition) is 6. The van der Waals surface area contributed by atoms with E-state index in [-0.39, 0.29) is 5.56 Å². The van der Waals surface area contributed by atoms with Crippen molar-refractivity contribution in [3.8, 4) is 11.4 Å². The number of anilines is 1.